The number of ether oxygens (including phenoxy) is 3. The summed E-state index contributed by atoms with van der Waals surface area (Å²) in [6, 6.07) is 13.1. The molecule has 4 aromatic rings. The van der Waals surface area contributed by atoms with Gasteiger partial charge in [0.05, 0.1) is 23.1 Å². The molecule has 3 heterocycles. The Kier molecular flexibility index (Phi) is 6.37. The number of nitrogens with one attached hydrogen (secondary N) is 1. The number of carbonyl (C=O) groups is 1. The topological polar surface area (TPSA) is 100 Å². The highest BCUT2D eigenvalue weighted by Crippen LogP contribution is 2.36. The molecule has 1 atom stereocenters. The molecular formula is C23H21N5O4S2. The van der Waals surface area contributed by atoms with Crippen LogP contribution in [0, 0.1) is 0 Å². The number of carbonyl (C=O) groups excluding carboxylic acids is 1. The maximum absolute atomic E-state index is 12.6. The number of hydrogen-bond donors (Lipinski definition) is 1. The number of thiazole rings is 1. The number of benzene rings is 2. The monoisotopic (exact) mass is 495 g/mol. The first-order valence-corrected chi connectivity index (χ1v) is 12.2. The standard InChI is InChI=1S/C23H21N5O4S2/c1-3-10-28-21(18-12-31-16-6-4-5-7-17(16)32-18)26-27-23(28)33-13-20(29)25-22-24-15-9-8-14(30-2)11-19(15)34-22/h3-9,11,18H,1,10,12-13H2,2H3,(H,24,25,29). The van der Waals surface area contributed by atoms with Crippen molar-refractivity contribution in [3.05, 3.63) is 60.9 Å². The summed E-state index contributed by atoms with van der Waals surface area (Å²) in [6.07, 6.45) is 1.34. The van der Waals surface area contributed by atoms with Crippen molar-refractivity contribution in [3.63, 3.8) is 0 Å². The van der Waals surface area contributed by atoms with Gasteiger partial charge < -0.3 is 19.5 Å². The van der Waals surface area contributed by atoms with Crippen molar-refractivity contribution in [2.45, 2.75) is 17.8 Å². The molecule has 1 aliphatic rings. The van der Waals surface area contributed by atoms with E-state index in [1.54, 1.807) is 13.2 Å². The fourth-order valence-electron chi connectivity index (χ4n) is 3.46. The van der Waals surface area contributed by atoms with Crippen LogP contribution in [0.2, 0.25) is 0 Å². The lowest BCUT2D eigenvalue weighted by molar-refractivity contribution is -0.113. The van der Waals surface area contributed by atoms with Crippen molar-refractivity contribution >= 4 is 44.4 Å². The molecule has 1 N–H and O–H groups in total. The fraction of sp³-hybridized carbons (Fsp3) is 0.217. The van der Waals surface area contributed by atoms with E-state index in [1.807, 2.05) is 47.0 Å². The number of nitrogens with zero attached hydrogens (tertiary/aromatic N) is 4. The Morgan fingerprint density at radius 1 is 1.32 bits per heavy atom. The van der Waals surface area contributed by atoms with Gasteiger partial charge in [0.25, 0.3) is 0 Å². The Bertz CT molecular complexity index is 1350. The minimum Gasteiger partial charge on any atom is -0.497 e. The van der Waals surface area contributed by atoms with E-state index >= 15 is 0 Å². The Morgan fingerprint density at radius 3 is 3.00 bits per heavy atom. The Morgan fingerprint density at radius 2 is 2.18 bits per heavy atom. The lowest BCUT2D eigenvalue weighted by Crippen LogP contribution is -2.25. The number of thioether (sulfide) groups is 1. The number of rotatable bonds is 8. The second-order valence-corrected chi connectivity index (χ2v) is 9.27. The van der Waals surface area contributed by atoms with E-state index in [9.17, 15) is 4.79 Å². The zero-order valence-corrected chi connectivity index (χ0v) is 19.9. The van der Waals surface area contributed by atoms with Gasteiger partial charge in [-0.05, 0) is 30.3 Å². The summed E-state index contributed by atoms with van der Waals surface area (Å²) in [4.78, 5) is 17.0. The predicted octanol–water partition coefficient (Wildman–Crippen LogP) is 4.33. The van der Waals surface area contributed by atoms with Gasteiger partial charge in [-0.2, -0.15) is 0 Å². The second kappa shape index (κ2) is 9.74. The molecule has 0 bridgehead atoms. The minimum absolute atomic E-state index is 0.152. The molecule has 11 heteroatoms. The molecule has 1 amide bonds. The molecule has 174 valence electrons. The predicted molar refractivity (Wildman–Crippen MR) is 131 cm³/mol. The highest BCUT2D eigenvalue weighted by Gasteiger charge is 2.28. The average Bonchev–Trinajstić information content (AvgIpc) is 3.45. The number of amides is 1. The van der Waals surface area contributed by atoms with Crippen LogP contribution in [0.25, 0.3) is 10.2 Å². The van der Waals surface area contributed by atoms with Crippen molar-refractivity contribution in [2.75, 3.05) is 24.8 Å². The van der Waals surface area contributed by atoms with Crippen LogP contribution in [0.15, 0.2) is 60.3 Å². The molecule has 0 aliphatic carbocycles. The molecule has 5 rings (SSSR count). The van der Waals surface area contributed by atoms with Crippen LogP contribution < -0.4 is 19.5 Å². The van der Waals surface area contributed by atoms with Crippen LogP contribution in [0.5, 0.6) is 17.2 Å². The van der Waals surface area contributed by atoms with Crippen molar-refractivity contribution < 1.29 is 19.0 Å². The zero-order chi connectivity index (χ0) is 23.5. The quantitative estimate of drug-likeness (QED) is 0.285. The molecule has 9 nitrogen and oxygen atoms in total. The highest BCUT2D eigenvalue weighted by atomic mass is 32.2. The van der Waals surface area contributed by atoms with Crippen molar-refractivity contribution in [1.82, 2.24) is 19.7 Å². The van der Waals surface area contributed by atoms with Gasteiger partial charge in [0.1, 0.15) is 12.4 Å². The van der Waals surface area contributed by atoms with Crippen molar-refractivity contribution in [3.8, 4) is 17.2 Å². The molecule has 0 radical (unpaired) electrons. The third-order valence-electron chi connectivity index (χ3n) is 5.03. The Hall–Kier alpha value is -3.57. The molecule has 1 aliphatic heterocycles. The van der Waals surface area contributed by atoms with Crippen LogP contribution in [0.1, 0.15) is 11.9 Å². The summed E-state index contributed by atoms with van der Waals surface area (Å²) in [5, 5.41) is 12.6. The molecular weight excluding hydrogens is 474 g/mol. The van der Waals surface area contributed by atoms with E-state index in [4.69, 9.17) is 14.2 Å². The molecule has 34 heavy (non-hydrogen) atoms. The normalized spacial score (nSPS) is 14.7. The molecule has 2 aromatic heterocycles. The molecule has 0 saturated heterocycles. The fourth-order valence-corrected chi connectivity index (χ4v) is 5.13. The summed E-state index contributed by atoms with van der Waals surface area (Å²) >= 11 is 2.68. The van der Waals surface area contributed by atoms with E-state index in [0.717, 1.165) is 16.0 Å². The third kappa shape index (κ3) is 4.57. The second-order valence-electron chi connectivity index (χ2n) is 7.29. The summed E-state index contributed by atoms with van der Waals surface area (Å²) in [7, 11) is 1.62. The average molecular weight is 496 g/mol. The van der Waals surface area contributed by atoms with Gasteiger partial charge in [-0.25, -0.2) is 4.98 Å². The highest BCUT2D eigenvalue weighted by molar-refractivity contribution is 7.99. The Balaban J connectivity index is 1.26. The SMILES string of the molecule is C=CCn1c(SCC(=O)Nc2nc3ccc(OC)cc3s2)nnc1C1COc2ccccc2O1. The van der Waals surface area contributed by atoms with Gasteiger partial charge in [-0.3, -0.25) is 9.36 Å². The lowest BCUT2D eigenvalue weighted by Gasteiger charge is -2.26. The van der Waals surface area contributed by atoms with Gasteiger partial charge in [-0.15, -0.1) is 16.8 Å². The van der Waals surface area contributed by atoms with E-state index in [2.05, 4.69) is 27.1 Å². The number of aromatic nitrogens is 4. The first kappa shape index (κ1) is 22.2. The number of allylic oxidation sites excluding steroid dienone is 1. The summed E-state index contributed by atoms with van der Waals surface area (Å²) in [5.74, 6) is 2.70. The lowest BCUT2D eigenvalue weighted by atomic mass is 10.2. The number of methoxy groups -OCH3 is 1. The maximum atomic E-state index is 12.6. The largest absolute Gasteiger partial charge is 0.497 e. The van der Waals surface area contributed by atoms with E-state index in [0.29, 0.717) is 40.8 Å². The molecule has 2 aromatic carbocycles. The maximum Gasteiger partial charge on any atom is 0.236 e. The molecule has 0 saturated carbocycles. The van der Waals surface area contributed by atoms with Gasteiger partial charge in [-0.1, -0.05) is 41.3 Å². The molecule has 0 spiro atoms. The van der Waals surface area contributed by atoms with Gasteiger partial charge in [0.15, 0.2) is 33.7 Å². The zero-order valence-electron chi connectivity index (χ0n) is 18.3. The van der Waals surface area contributed by atoms with Crippen LogP contribution >= 0.6 is 23.1 Å². The van der Waals surface area contributed by atoms with Crippen molar-refractivity contribution in [1.29, 1.82) is 0 Å². The number of fused-ring (bicyclic) bond motifs is 2. The molecule has 1 unspecified atom stereocenters. The number of hydrogen-bond acceptors (Lipinski definition) is 9. The van der Waals surface area contributed by atoms with E-state index in [1.165, 1.54) is 23.1 Å². The van der Waals surface area contributed by atoms with Crippen LogP contribution in [-0.2, 0) is 11.3 Å². The van der Waals surface area contributed by atoms with Gasteiger partial charge in [0, 0.05) is 6.54 Å². The van der Waals surface area contributed by atoms with Gasteiger partial charge >= 0.3 is 0 Å². The van der Waals surface area contributed by atoms with E-state index in [-0.39, 0.29) is 11.7 Å². The smallest absolute Gasteiger partial charge is 0.236 e. The summed E-state index contributed by atoms with van der Waals surface area (Å²) in [5.41, 5.74) is 0.806. The van der Waals surface area contributed by atoms with Crippen LogP contribution in [0.4, 0.5) is 5.13 Å². The summed E-state index contributed by atoms with van der Waals surface area (Å²) < 4.78 is 20.0. The first-order chi connectivity index (χ1) is 16.6. The minimum atomic E-state index is -0.412. The van der Waals surface area contributed by atoms with Crippen LogP contribution in [0.3, 0.4) is 0 Å². The molecule has 0 fully saturated rings. The van der Waals surface area contributed by atoms with Crippen molar-refractivity contribution in [2.24, 2.45) is 0 Å². The number of anilines is 1. The third-order valence-corrected chi connectivity index (χ3v) is 6.93. The first-order valence-electron chi connectivity index (χ1n) is 10.4. The van der Waals surface area contributed by atoms with Gasteiger partial charge in [0.2, 0.25) is 5.91 Å². The van der Waals surface area contributed by atoms with E-state index < -0.39 is 6.10 Å². The van der Waals surface area contributed by atoms with Crippen LogP contribution in [-0.4, -0.2) is 45.1 Å². The number of para-hydroxylation sites is 2. The Labute approximate surface area is 203 Å². The summed E-state index contributed by atoms with van der Waals surface area (Å²) in [6.45, 7) is 4.63.